The van der Waals surface area contributed by atoms with Crippen molar-refractivity contribution in [2.45, 2.75) is 39.2 Å². The average molecular weight is 422 g/mol. The Labute approximate surface area is 169 Å². The van der Waals surface area contributed by atoms with Crippen LogP contribution in [0.5, 0.6) is 0 Å². The predicted molar refractivity (Wildman–Crippen MR) is 111 cm³/mol. The lowest BCUT2D eigenvalue weighted by atomic mass is 10.2. The van der Waals surface area contributed by atoms with Crippen molar-refractivity contribution in [2.24, 2.45) is 0 Å². The van der Waals surface area contributed by atoms with E-state index in [9.17, 15) is 9.59 Å². The molecule has 1 aliphatic heterocycles. The number of nitrogens with zero attached hydrogens (tertiary/aromatic N) is 2. The fourth-order valence-electron chi connectivity index (χ4n) is 3.41. The molecule has 2 aromatic heterocycles. The van der Waals surface area contributed by atoms with Crippen molar-refractivity contribution in [3.05, 3.63) is 54.9 Å². The Morgan fingerprint density at radius 1 is 1.26 bits per heavy atom. The maximum atomic E-state index is 13.0. The van der Waals surface area contributed by atoms with E-state index in [1.165, 1.54) is 11.3 Å². The molecule has 5 nitrogen and oxygen atoms in total. The van der Waals surface area contributed by atoms with E-state index in [1.54, 1.807) is 29.7 Å². The van der Waals surface area contributed by atoms with Crippen LogP contribution in [0, 0.1) is 6.92 Å². The number of hydrogen-bond acceptors (Lipinski definition) is 4. The van der Waals surface area contributed by atoms with Crippen LogP contribution in [0.2, 0.25) is 10.0 Å². The number of aromatic nitrogens is 2. The smallest absolute Gasteiger partial charge is 0.266 e. The van der Waals surface area contributed by atoms with E-state index in [0.29, 0.717) is 37.9 Å². The number of rotatable bonds is 2. The number of halogens is 2. The Kier molecular flexibility index (Phi) is 4.97. The fraction of sp³-hybridized carbons (Fsp3) is 0.316. The van der Waals surface area contributed by atoms with Gasteiger partial charge in [-0.2, -0.15) is 0 Å². The molecule has 0 unspecified atom stereocenters. The zero-order valence-electron chi connectivity index (χ0n) is 14.6. The van der Waals surface area contributed by atoms with Gasteiger partial charge in [-0.05, 0) is 37.5 Å². The number of fused-ring (bicyclic) bond motifs is 2. The van der Waals surface area contributed by atoms with Gasteiger partial charge in [-0.15, -0.1) is 11.3 Å². The summed E-state index contributed by atoms with van der Waals surface area (Å²) >= 11 is 13.4. The summed E-state index contributed by atoms with van der Waals surface area (Å²) in [6.07, 6.45) is 3.90. The molecule has 1 aliphatic rings. The van der Waals surface area contributed by atoms with Crippen molar-refractivity contribution in [1.82, 2.24) is 9.55 Å². The summed E-state index contributed by atoms with van der Waals surface area (Å²) in [5.74, 6) is 0.496. The molecule has 3 heterocycles. The number of carbonyl (C=O) groups excluding carboxylic acids is 1. The van der Waals surface area contributed by atoms with Gasteiger partial charge in [-0.25, -0.2) is 4.98 Å². The maximum absolute atomic E-state index is 13.0. The molecule has 0 aliphatic carbocycles. The summed E-state index contributed by atoms with van der Waals surface area (Å²) in [5.41, 5.74) is 1.04. The lowest BCUT2D eigenvalue weighted by Crippen LogP contribution is -2.24. The van der Waals surface area contributed by atoms with Crippen LogP contribution >= 0.6 is 34.5 Å². The van der Waals surface area contributed by atoms with Gasteiger partial charge in [0.1, 0.15) is 10.7 Å². The molecule has 27 heavy (non-hydrogen) atoms. The Balaban J connectivity index is 1.78. The molecule has 0 atom stereocenters. The second-order valence-electron chi connectivity index (χ2n) is 6.59. The van der Waals surface area contributed by atoms with Crippen LogP contribution in [0.4, 0.5) is 5.69 Å². The standard InChI is InChI=1S/C19H17Cl2N3O2S/c1-10-14-18(23-13-8-3-2-4-9-24(13)19(14)26)27-16(10)17(25)22-12-7-5-6-11(20)15(12)21/h5-7H,2-4,8-9H2,1H3,(H,22,25). The summed E-state index contributed by atoms with van der Waals surface area (Å²) in [7, 11) is 0. The lowest BCUT2D eigenvalue weighted by molar-refractivity contribution is 0.103. The van der Waals surface area contributed by atoms with E-state index in [-0.39, 0.29) is 16.5 Å². The Bertz CT molecular complexity index is 1120. The molecule has 0 saturated carbocycles. The largest absolute Gasteiger partial charge is 0.320 e. The van der Waals surface area contributed by atoms with Gasteiger partial charge in [0.05, 0.1) is 26.0 Å². The molecule has 1 N–H and O–H groups in total. The van der Waals surface area contributed by atoms with E-state index in [1.807, 2.05) is 0 Å². The number of thiophene rings is 1. The van der Waals surface area contributed by atoms with Crippen LogP contribution in [0.1, 0.15) is 40.3 Å². The molecule has 1 amide bonds. The highest BCUT2D eigenvalue weighted by molar-refractivity contribution is 7.20. The highest BCUT2D eigenvalue weighted by Crippen LogP contribution is 2.32. The molecule has 0 saturated heterocycles. The first-order valence-electron chi connectivity index (χ1n) is 8.75. The molecule has 4 rings (SSSR count). The molecule has 0 spiro atoms. The molecule has 8 heteroatoms. The monoisotopic (exact) mass is 421 g/mol. The molecule has 140 valence electrons. The molecule has 0 radical (unpaired) electrons. The predicted octanol–water partition coefficient (Wildman–Crippen LogP) is 5.05. The molecule has 1 aromatic carbocycles. The fourth-order valence-corrected chi connectivity index (χ4v) is 4.84. The molecular weight excluding hydrogens is 405 g/mol. The number of hydrogen-bond donors (Lipinski definition) is 1. The highest BCUT2D eigenvalue weighted by atomic mass is 35.5. The van der Waals surface area contributed by atoms with Crippen molar-refractivity contribution >= 4 is 56.3 Å². The topological polar surface area (TPSA) is 64.0 Å². The van der Waals surface area contributed by atoms with Crippen molar-refractivity contribution in [3.63, 3.8) is 0 Å². The second-order valence-corrected chi connectivity index (χ2v) is 8.37. The zero-order chi connectivity index (χ0) is 19.1. The van der Waals surface area contributed by atoms with Crippen molar-refractivity contribution in [3.8, 4) is 0 Å². The van der Waals surface area contributed by atoms with Gasteiger partial charge < -0.3 is 5.32 Å². The third-order valence-corrected chi connectivity index (χ3v) is 6.82. The molecular formula is C19H17Cl2N3O2S. The summed E-state index contributed by atoms with van der Waals surface area (Å²) in [6, 6.07) is 5.05. The SMILES string of the molecule is Cc1c(C(=O)Nc2cccc(Cl)c2Cl)sc2nc3n(c(=O)c12)CCCCC3. The lowest BCUT2D eigenvalue weighted by Gasteiger charge is -2.08. The number of carbonyl (C=O) groups is 1. The summed E-state index contributed by atoms with van der Waals surface area (Å²) in [6.45, 7) is 2.48. The first-order chi connectivity index (χ1) is 13.0. The van der Waals surface area contributed by atoms with E-state index in [2.05, 4.69) is 5.32 Å². The van der Waals surface area contributed by atoms with E-state index >= 15 is 0 Å². The number of benzene rings is 1. The third kappa shape index (κ3) is 3.26. The third-order valence-electron chi connectivity index (χ3n) is 4.82. The quantitative estimate of drug-likeness (QED) is 0.629. The average Bonchev–Trinajstić information content (AvgIpc) is 2.81. The van der Waals surface area contributed by atoms with Crippen LogP contribution in [0.25, 0.3) is 10.2 Å². The first kappa shape index (κ1) is 18.5. The van der Waals surface area contributed by atoms with Gasteiger partial charge in [-0.1, -0.05) is 35.7 Å². The van der Waals surface area contributed by atoms with Crippen molar-refractivity contribution in [1.29, 1.82) is 0 Å². The number of anilines is 1. The highest BCUT2D eigenvalue weighted by Gasteiger charge is 2.22. The summed E-state index contributed by atoms with van der Waals surface area (Å²) in [4.78, 5) is 31.6. The van der Waals surface area contributed by atoms with Crippen LogP contribution in [0.15, 0.2) is 23.0 Å². The summed E-state index contributed by atoms with van der Waals surface area (Å²) < 4.78 is 1.77. The number of aryl methyl sites for hydroxylation is 2. The minimum Gasteiger partial charge on any atom is -0.320 e. The maximum Gasteiger partial charge on any atom is 0.266 e. The van der Waals surface area contributed by atoms with E-state index in [4.69, 9.17) is 28.2 Å². The van der Waals surface area contributed by atoms with Crippen molar-refractivity contribution in [2.75, 3.05) is 5.32 Å². The van der Waals surface area contributed by atoms with Crippen LogP contribution in [-0.2, 0) is 13.0 Å². The van der Waals surface area contributed by atoms with E-state index < -0.39 is 0 Å². The van der Waals surface area contributed by atoms with Gasteiger partial charge in [0.2, 0.25) is 0 Å². The normalized spacial score (nSPS) is 14.0. The van der Waals surface area contributed by atoms with Crippen LogP contribution < -0.4 is 10.9 Å². The molecule has 3 aromatic rings. The number of nitrogens with one attached hydrogen (secondary N) is 1. The van der Waals surface area contributed by atoms with Gasteiger partial charge in [-0.3, -0.25) is 14.2 Å². The minimum atomic E-state index is -0.320. The van der Waals surface area contributed by atoms with Gasteiger partial charge in [0, 0.05) is 13.0 Å². The molecule has 0 fully saturated rings. The van der Waals surface area contributed by atoms with Crippen molar-refractivity contribution < 1.29 is 4.79 Å². The zero-order valence-corrected chi connectivity index (χ0v) is 17.0. The number of amides is 1. The van der Waals surface area contributed by atoms with Gasteiger partial charge >= 0.3 is 0 Å². The summed E-state index contributed by atoms with van der Waals surface area (Å²) in [5, 5.41) is 3.98. The van der Waals surface area contributed by atoms with Crippen LogP contribution in [-0.4, -0.2) is 15.5 Å². The van der Waals surface area contributed by atoms with Crippen LogP contribution in [0.3, 0.4) is 0 Å². The Morgan fingerprint density at radius 2 is 2.07 bits per heavy atom. The first-order valence-corrected chi connectivity index (χ1v) is 10.3. The van der Waals surface area contributed by atoms with Gasteiger partial charge in [0.15, 0.2) is 0 Å². The van der Waals surface area contributed by atoms with E-state index in [0.717, 1.165) is 31.5 Å². The van der Waals surface area contributed by atoms with Gasteiger partial charge in [0.25, 0.3) is 11.5 Å². The Hall–Kier alpha value is -1.89. The second kappa shape index (κ2) is 7.26. The molecule has 0 bridgehead atoms. The Morgan fingerprint density at radius 3 is 2.89 bits per heavy atom. The minimum absolute atomic E-state index is 0.0505.